The minimum absolute atomic E-state index is 0.0436. The molecule has 2 aliphatic rings. The second kappa shape index (κ2) is 9.42. The molecule has 2 saturated carbocycles. The Morgan fingerprint density at radius 1 is 1.00 bits per heavy atom. The van der Waals surface area contributed by atoms with E-state index in [9.17, 15) is 4.79 Å². The molecular formula is C23H42O2. The van der Waals surface area contributed by atoms with Crippen LogP contribution in [0.25, 0.3) is 0 Å². The summed E-state index contributed by atoms with van der Waals surface area (Å²) < 4.78 is 6.31. The zero-order valence-corrected chi connectivity index (χ0v) is 17.4. The summed E-state index contributed by atoms with van der Waals surface area (Å²) in [6.07, 6.45) is 17.8. The molecule has 0 aromatic carbocycles. The predicted octanol–water partition coefficient (Wildman–Crippen LogP) is 7.06. The van der Waals surface area contributed by atoms with Gasteiger partial charge in [0.1, 0.15) is 5.60 Å². The molecule has 2 rings (SSSR count). The van der Waals surface area contributed by atoms with Gasteiger partial charge in [0.2, 0.25) is 0 Å². The van der Waals surface area contributed by atoms with Crippen LogP contribution in [0.5, 0.6) is 0 Å². The van der Waals surface area contributed by atoms with Gasteiger partial charge < -0.3 is 4.74 Å². The van der Waals surface area contributed by atoms with Crippen molar-refractivity contribution in [3.05, 3.63) is 0 Å². The first-order valence-electron chi connectivity index (χ1n) is 11.2. The Labute approximate surface area is 156 Å². The molecule has 2 fully saturated rings. The smallest absolute Gasteiger partial charge is 0.312 e. The summed E-state index contributed by atoms with van der Waals surface area (Å²) in [6.45, 7) is 8.43. The molecule has 0 spiro atoms. The molecule has 0 radical (unpaired) electrons. The van der Waals surface area contributed by atoms with Crippen molar-refractivity contribution in [1.82, 2.24) is 0 Å². The molecule has 2 nitrogen and oxygen atoms in total. The third-order valence-corrected chi connectivity index (χ3v) is 7.11. The van der Waals surface area contributed by atoms with Gasteiger partial charge in [0.25, 0.3) is 0 Å². The lowest BCUT2D eigenvalue weighted by Crippen LogP contribution is -2.43. The van der Waals surface area contributed by atoms with Crippen LogP contribution in [0.3, 0.4) is 0 Å². The van der Waals surface area contributed by atoms with Crippen LogP contribution in [0.1, 0.15) is 118 Å². The Morgan fingerprint density at radius 3 is 2.16 bits per heavy atom. The molecule has 25 heavy (non-hydrogen) atoms. The zero-order chi connectivity index (χ0) is 18.3. The van der Waals surface area contributed by atoms with Crippen LogP contribution in [-0.2, 0) is 9.53 Å². The fraction of sp³-hybridized carbons (Fsp3) is 0.957. The van der Waals surface area contributed by atoms with Crippen molar-refractivity contribution in [2.75, 3.05) is 0 Å². The third-order valence-electron chi connectivity index (χ3n) is 7.11. The number of hydrogen-bond donors (Lipinski definition) is 0. The third kappa shape index (κ3) is 5.47. The van der Waals surface area contributed by atoms with E-state index >= 15 is 0 Å². The van der Waals surface area contributed by atoms with Gasteiger partial charge in [-0.2, -0.15) is 0 Å². The van der Waals surface area contributed by atoms with Gasteiger partial charge in [-0.15, -0.1) is 0 Å². The molecule has 146 valence electrons. The molecule has 2 bridgehead atoms. The molecule has 3 unspecified atom stereocenters. The van der Waals surface area contributed by atoms with Crippen molar-refractivity contribution in [2.24, 2.45) is 17.3 Å². The summed E-state index contributed by atoms with van der Waals surface area (Å²) in [6, 6.07) is 0. The topological polar surface area (TPSA) is 26.3 Å². The van der Waals surface area contributed by atoms with Crippen LogP contribution in [0, 0.1) is 17.3 Å². The normalized spacial score (nSPS) is 28.5. The van der Waals surface area contributed by atoms with E-state index in [1.807, 2.05) is 13.8 Å². The number of rotatable bonds is 12. The highest BCUT2D eigenvalue weighted by Crippen LogP contribution is 2.55. The lowest BCUT2D eigenvalue weighted by molar-refractivity contribution is -0.178. The maximum Gasteiger partial charge on any atom is 0.312 e. The maximum absolute atomic E-state index is 12.7. The first-order valence-corrected chi connectivity index (χ1v) is 11.2. The number of unbranched alkanes of at least 4 members (excludes halogenated alkanes) is 7. The fourth-order valence-corrected chi connectivity index (χ4v) is 4.90. The summed E-state index contributed by atoms with van der Waals surface area (Å²) in [5.41, 5.74) is -0.456. The summed E-state index contributed by atoms with van der Waals surface area (Å²) >= 11 is 0. The lowest BCUT2D eigenvalue weighted by atomic mass is 9.79. The molecule has 2 heteroatoms. The van der Waals surface area contributed by atoms with Crippen LogP contribution in [0.2, 0.25) is 0 Å². The monoisotopic (exact) mass is 350 g/mol. The van der Waals surface area contributed by atoms with Crippen molar-refractivity contribution >= 4 is 5.97 Å². The molecule has 0 aromatic heterocycles. The summed E-state index contributed by atoms with van der Waals surface area (Å²) in [5, 5.41) is 0. The molecule has 3 atom stereocenters. The van der Waals surface area contributed by atoms with E-state index in [-0.39, 0.29) is 17.0 Å². The minimum atomic E-state index is -0.339. The lowest BCUT2D eigenvalue weighted by Gasteiger charge is -2.39. The van der Waals surface area contributed by atoms with Crippen molar-refractivity contribution < 1.29 is 9.53 Å². The Morgan fingerprint density at radius 2 is 1.64 bits per heavy atom. The minimum Gasteiger partial charge on any atom is -0.458 e. The van der Waals surface area contributed by atoms with Crippen molar-refractivity contribution in [1.29, 1.82) is 0 Å². The highest BCUT2D eigenvalue weighted by Gasteiger charge is 2.54. The molecule has 0 saturated heterocycles. The molecule has 2 aliphatic carbocycles. The van der Waals surface area contributed by atoms with Gasteiger partial charge >= 0.3 is 5.97 Å². The standard InChI is InChI=1S/C23H42O2/c1-5-7-8-9-10-11-12-13-16-23(18-19-14-15-20(23)17-19)25-21(24)22(3,4)6-2/h19-20H,5-18H2,1-4H3. The molecule has 0 aliphatic heterocycles. The first-order chi connectivity index (χ1) is 11.9. The summed E-state index contributed by atoms with van der Waals surface area (Å²) in [4.78, 5) is 12.7. The number of hydrogen-bond acceptors (Lipinski definition) is 2. The van der Waals surface area contributed by atoms with Crippen molar-refractivity contribution in [3.63, 3.8) is 0 Å². The molecule has 0 heterocycles. The Kier molecular flexibility index (Phi) is 7.83. The largest absolute Gasteiger partial charge is 0.458 e. The van der Waals surface area contributed by atoms with Gasteiger partial charge in [0, 0.05) is 0 Å². The van der Waals surface area contributed by atoms with Gasteiger partial charge in [-0.05, 0) is 70.6 Å². The number of ether oxygens (including phenoxy) is 1. The summed E-state index contributed by atoms with van der Waals surface area (Å²) in [5.74, 6) is 1.50. The van der Waals surface area contributed by atoms with Crippen LogP contribution in [0.15, 0.2) is 0 Å². The zero-order valence-electron chi connectivity index (χ0n) is 17.4. The second-order valence-electron chi connectivity index (χ2n) is 9.50. The molecule has 0 N–H and O–H groups in total. The number of fused-ring (bicyclic) bond motifs is 2. The SMILES string of the molecule is CCCCCCCCCCC1(OC(=O)C(C)(C)CC)CC2CCC1C2. The van der Waals surface area contributed by atoms with Crippen LogP contribution in [0.4, 0.5) is 0 Å². The maximum atomic E-state index is 12.7. The quantitative estimate of drug-likeness (QED) is 0.278. The predicted molar refractivity (Wildman–Crippen MR) is 106 cm³/mol. The second-order valence-corrected chi connectivity index (χ2v) is 9.50. The van der Waals surface area contributed by atoms with Gasteiger partial charge in [-0.25, -0.2) is 0 Å². The number of esters is 1. The van der Waals surface area contributed by atoms with E-state index in [1.165, 1.54) is 70.6 Å². The number of carbonyl (C=O) groups excluding carboxylic acids is 1. The van der Waals surface area contributed by atoms with Crippen molar-refractivity contribution in [2.45, 2.75) is 123 Å². The van der Waals surface area contributed by atoms with E-state index < -0.39 is 0 Å². The Bertz CT molecular complexity index is 414. The average Bonchev–Trinajstić information content (AvgIpc) is 3.18. The van der Waals surface area contributed by atoms with E-state index in [4.69, 9.17) is 4.74 Å². The van der Waals surface area contributed by atoms with E-state index in [2.05, 4.69) is 13.8 Å². The molecule has 0 amide bonds. The van der Waals surface area contributed by atoms with Gasteiger partial charge in [0.05, 0.1) is 5.41 Å². The van der Waals surface area contributed by atoms with Crippen LogP contribution in [-0.4, -0.2) is 11.6 Å². The number of carbonyl (C=O) groups is 1. The highest BCUT2D eigenvalue weighted by atomic mass is 16.6. The van der Waals surface area contributed by atoms with Gasteiger partial charge in [-0.1, -0.05) is 58.8 Å². The first kappa shape index (κ1) is 20.8. The summed E-state index contributed by atoms with van der Waals surface area (Å²) in [7, 11) is 0. The van der Waals surface area contributed by atoms with Gasteiger partial charge in [0.15, 0.2) is 0 Å². The van der Waals surface area contributed by atoms with E-state index in [0.717, 1.165) is 25.2 Å². The van der Waals surface area contributed by atoms with E-state index in [0.29, 0.717) is 5.92 Å². The van der Waals surface area contributed by atoms with E-state index in [1.54, 1.807) is 0 Å². The Hall–Kier alpha value is -0.530. The van der Waals surface area contributed by atoms with Gasteiger partial charge in [-0.3, -0.25) is 4.79 Å². The molecule has 0 aromatic rings. The molecular weight excluding hydrogens is 308 g/mol. The highest BCUT2D eigenvalue weighted by molar-refractivity contribution is 5.76. The van der Waals surface area contributed by atoms with Crippen LogP contribution >= 0.6 is 0 Å². The fourth-order valence-electron chi connectivity index (χ4n) is 4.90. The Balaban J connectivity index is 1.80. The average molecular weight is 351 g/mol. The van der Waals surface area contributed by atoms with Crippen molar-refractivity contribution in [3.8, 4) is 0 Å². The van der Waals surface area contributed by atoms with Crippen LogP contribution < -0.4 is 0 Å².